The van der Waals surface area contributed by atoms with Crippen LogP contribution in [0.2, 0.25) is 0 Å². The first-order valence-electron chi connectivity index (χ1n) is 9.89. The van der Waals surface area contributed by atoms with Crippen molar-refractivity contribution in [2.45, 2.75) is 51.5 Å². The number of hydrogen-bond donors (Lipinski definition) is 2. The number of benzene rings is 2. The van der Waals surface area contributed by atoms with E-state index < -0.39 is 10.0 Å². The van der Waals surface area contributed by atoms with Gasteiger partial charge in [-0.2, -0.15) is 0 Å². The molecule has 0 fully saturated rings. The number of carbonyl (C=O) groups excluding carboxylic acids is 1. The van der Waals surface area contributed by atoms with E-state index in [1.54, 1.807) is 31.2 Å². The molecule has 0 spiro atoms. The van der Waals surface area contributed by atoms with Crippen LogP contribution in [0.25, 0.3) is 0 Å². The number of anilines is 1. The van der Waals surface area contributed by atoms with Gasteiger partial charge in [-0.25, -0.2) is 13.4 Å². The summed E-state index contributed by atoms with van der Waals surface area (Å²) in [4.78, 5) is 17.1. The van der Waals surface area contributed by atoms with Crippen molar-refractivity contribution >= 4 is 33.0 Å². The van der Waals surface area contributed by atoms with Crippen molar-refractivity contribution < 1.29 is 13.2 Å². The molecule has 2 aromatic carbocycles. The fourth-order valence-corrected chi connectivity index (χ4v) is 5.06. The molecule has 0 saturated carbocycles. The Balaban J connectivity index is 1.79. The number of hydrogen-bond acceptors (Lipinski definition) is 5. The van der Waals surface area contributed by atoms with Crippen LogP contribution in [0.5, 0.6) is 0 Å². The van der Waals surface area contributed by atoms with Gasteiger partial charge < -0.3 is 5.32 Å². The van der Waals surface area contributed by atoms with E-state index in [1.165, 1.54) is 17.4 Å². The molecule has 0 saturated heterocycles. The second-order valence-corrected chi connectivity index (χ2v) is 11.1. The molecular weight excluding hydrogens is 430 g/mol. The van der Waals surface area contributed by atoms with Crippen molar-refractivity contribution in [3.05, 3.63) is 75.2 Å². The summed E-state index contributed by atoms with van der Waals surface area (Å²) in [5.41, 5.74) is 3.03. The number of nitrogens with one attached hydrogen (secondary N) is 2. The van der Waals surface area contributed by atoms with Crippen molar-refractivity contribution in [3.63, 3.8) is 0 Å². The highest BCUT2D eigenvalue weighted by molar-refractivity contribution is 7.92. The summed E-state index contributed by atoms with van der Waals surface area (Å²) in [6.07, 6.45) is 0. The van der Waals surface area contributed by atoms with Gasteiger partial charge >= 0.3 is 0 Å². The Kier molecular flexibility index (Phi) is 6.52. The first-order chi connectivity index (χ1) is 14.5. The lowest BCUT2D eigenvalue weighted by Crippen LogP contribution is -2.23. The molecule has 1 amide bonds. The number of thiazole rings is 1. The van der Waals surface area contributed by atoms with Crippen LogP contribution in [0.3, 0.4) is 0 Å². The maximum absolute atomic E-state index is 13.1. The summed E-state index contributed by atoms with van der Waals surface area (Å²) in [5.74, 6) is -0.292. The Morgan fingerprint density at radius 1 is 1.10 bits per heavy atom. The van der Waals surface area contributed by atoms with Gasteiger partial charge in [0.2, 0.25) is 0 Å². The summed E-state index contributed by atoms with van der Waals surface area (Å²) in [7, 11) is -3.81. The van der Waals surface area contributed by atoms with Crippen LogP contribution in [0.1, 0.15) is 53.0 Å². The van der Waals surface area contributed by atoms with Gasteiger partial charge in [0.25, 0.3) is 15.9 Å². The molecule has 164 valence electrons. The van der Waals surface area contributed by atoms with Crippen LogP contribution >= 0.6 is 11.3 Å². The minimum absolute atomic E-state index is 0.175. The Labute approximate surface area is 187 Å². The van der Waals surface area contributed by atoms with E-state index in [0.29, 0.717) is 23.4 Å². The van der Waals surface area contributed by atoms with Crippen LogP contribution in [0, 0.1) is 13.8 Å². The molecule has 1 heterocycles. The number of aryl methyl sites for hydroxylation is 2. The number of carbonyl (C=O) groups is 1. The molecule has 0 unspecified atom stereocenters. The summed E-state index contributed by atoms with van der Waals surface area (Å²) < 4.78 is 28.8. The lowest BCUT2D eigenvalue weighted by atomic mass is 9.87. The van der Waals surface area contributed by atoms with Crippen LogP contribution < -0.4 is 10.0 Å². The molecule has 1 aromatic heterocycles. The number of rotatable bonds is 6. The highest BCUT2D eigenvalue weighted by Gasteiger charge is 2.22. The Morgan fingerprint density at radius 3 is 2.48 bits per heavy atom. The van der Waals surface area contributed by atoms with E-state index >= 15 is 0 Å². The van der Waals surface area contributed by atoms with Crippen LogP contribution in [0.15, 0.2) is 52.7 Å². The van der Waals surface area contributed by atoms with Crippen molar-refractivity contribution in [1.82, 2.24) is 10.3 Å². The molecule has 0 radical (unpaired) electrons. The second kappa shape index (κ2) is 8.80. The Hall–Kier alpha value is -2.71. The molecule has 0 aliphatic heterocycles. The summed E-state index contributed by atoms with van der Waals surface area (Å²) >= 11 is 1.48. The van der Waals surface area contributed by atoms with Crippen molar-refractivity contribution in [2.24, 2.45) is 0 Å². The monoisotopic (exact) mass is 457 g/mol. The molecule has 2 N–H and O–H groups in total. The maximum Gasteiger partial charge on any atom is 0.262 e. The highest BCUT2D eigenvalue weighted by Crippen LogP contribution is 2.28. The third-order valence-electron chi connectivity index (χ3n) is 4.79. The quantitative estimate of drug-likeness (QED) is 0.557. The maximum atomic E-state index is 13.1. The molecule has 0 aliphatic rings. The SMILES string of the molecule is Cc1csc(CNC(=O)c2cccc(NS(=O)(=O)c3cc(C(C)(C)C)ccc3C)c2)n1. The fourth-order valence-electron chi connectivity index (χ4n) is 3.03. The molecule has 6 nitrogen and oxygen atoms in total. The highest BCUT2D eigenvalue weighted by atomic mass is 32.2. The molecule has 31 heavy (non-hydrogen) atoms. The lowest BCUT2D eigenvalue weighted by molar-refractivity contribution is 0.0951. The van der Waals surface area contributed by atoms with Crippen molar-refractivity contribution in [1.29, 1.82) is 0 Å². The van der Waals surface area contributed by atoms with Crippen LogP contribution in [-0.4, -0.2) is 19.3 Å². The zero-order valence-corrected chi connectivity index (χ0v) is 19.9. The summed E-state index contributed by atoms with van der Waals surface area (Å²) in [5, 5.41) is 5.56. The number of nitrogens with zero attached hydrogens (tertiary/aromatic N) is 1. The number of amides is 1. The van der Waals surface area contributed by atoms with E-state index in [-0.39, 0.29) is 16.2 Å². The van der Waals surface area contributed by atoms with Gasteiger partial charge in [-0.05, 0) is 54.7 Å². The van der Waals surface area contributed by atoms with Gasteiger partial charge in [0.15, 0.2) is 0 Å². The van der Waals surface area contributed by atoms with Gasteiger partial charge in [0.1, 0.15) is 5.01 Å². The average molecular weight is 458 g/mol. The summed E-state index contributed by atoms with van der Waals surface area (Å²) in [6.45, 7) is 10.1. The van der Waals surface area contributed by atoms with E-state index in [4.69, 9.17) is 0 Å². The van der Waals surface area contributed by atoms with Gasteiger partial charge in [-0.15, -0.1) is 11.3 Å². The second-order valence-electron chi connectivity index (χ2n) is 8.48. The predicted molar refractivity (Wildman–Crippen MR) is 125 cm³/mol. The van der Waals surface area contributed by atoms with E-state index in [1.807, 2.05) is 45.2 Å². The van der Waals surface area contributed by atoms with Gasteiger partial charge in [-0.1, -0.05) is 39.0 Å². The average Bonchev–Trinajstić information content (AvgIpc) is 3.10. The van der Waals surface area contributed by atoms with E-state index in [0.717, 1.165) is 16.3 Å². The third-order valence-corrected chi connectivity index (χ3v) is 7.28. The molecule has 3 aromatic rings. The minimum atomic E-state index is -3.81. The number of sulfonamides is 1. The lowest BCUT2D eigenvalue weighted by Gasteiger charge is -2.21. The van der Waals surface area contributed by atoms with Crippen molar-refractivity contribution in [2.75, 3.05) is 4.72 Å². The van der Waals surface area contributed by atoms with Gasteiger partial charge in [0, 0.05) is 22.3 Å². The first-order valence-corrected chi connectivity index (χ1v) is 12.3. The molecule has 0 atom stereocenters. The van der Waals surface area contributed by atoms with Gasteiger partial charge in [0.05, 0.1) is 11.4 Å². The number of aromatic nitrogens is 1. The zero-order valence-electron chi connectivity index (χ0n) is 18.3. The first kappa shape index (κ1) is 23.0. The minimum Gasteiger partial charge on any atom is -0.346 e. The third kappa shape index (κ3) is 5.71. The Morgan fingerprint density at radius 2 is 1.84 bits per heavy atom. The van der Waals surface area contributed by atoms with Crippen LogP contribution in [-0.2, 0) is 22.0 Å². The smallest absolute Gasteiger partial charge is 0.262 e. The molecular formula is C23H27N3O3S2. The van der Waals surface area contributed by atoms with E-state index in [9.17, 15) is 13.2 Å². The molecule has 3 rings (SSSR count). The zero-order chi connectivity index (χ0) is 22.8. The van der Waals surface area contributed by atoms with Crippen molar-refractivity contribution in [3.8, 4) is 0 Å². The molecule has 0 aliphatic carbocycles. The summed E-state index contributed by atoms with van der Waals surface area (Å²) in [6, 6.07) is 11.9. The predicted octanol–water partition coefficient (Wildman–Crippen LogP) is 4.79. The van der Waals surface area contributed by atoms with Crippen LogP contribution in [0.4, 0.5) is 5.69 Å². The standard InChI is InChI=1S/C23H27N3O3S2/c1-15-9-10-18(23(3,4)5)12-20(15)31(28,29)26-19-8-6-7-17(11-19)22(27)24-13-21-25-16(2)14-30-21/h6-12,14,26H,13H2,1-5H3,(H,24,27). The fraction of sp³-hybridized carbons (Fsp3) is 0.304. The topological polar surface area (TPSA) is 88.2 Å². The molecule has 0 bridgehead atoms. The Bertz CT molecular complexity index is 1210. The van der Waals surface area contributed by atoms with E-state index in [2.05, 4.69) is 15.0 Å². The molecule has 8 heteroatoms. The largest absolute Gasteiger partial charge is 0.346 e. The van der Waals surface area contributed by atoms with Gasteiger partial charge in [-0.3, -0.25) is 9.52 Å². The normalized spacial score (nSPS) is 11.9.